The number of carbonyl (C=O) groups excluding carboxylic acids is 1. The smallest absolute Gasteiger partial charge is 0.251 e. The third-order valence-corrected chi connectivity index (χ3v) is 3.82. The average molecular weight is 283 g/mol. The van der Waals surface area contributed by atoms with Gasteiger partial charge in [-0.15, -0.1) is 12.4 Å². The van der Waals surface area contributed by atoms with Gasteiger partial charge in [0, 0.05) is 17.3 Å². The number of hydrogen-bond acceptors (Lipinski definition) is 2. The fourth-order valence-corrected chi connectivity index (χ4v) is 2.49. The zero-order valence-corrected chi connectivity index (χ0v) is 12.4. The standard InChI is InChI=1S/C15H22N2O.ClH/c1-15(2)8-6-13(7-9-15)17-14(18)11-4-3-5-12(16)10-11;/h3-5,10,13H,6-9,16H2,1-2H3,(H,17,18);1H. The Kier molecular flexibility index (Phi) is 5.24. The summed E-state index contributed by atoms with van der Waals surface area (Å²) in [6, 6.07) is 7.45. The van der Waals surface area contributed by atoms with Crippen molar-refractivity contribution in [1.82, 2.24) is 5.32 Å². The van der Waals surface area contributed by atoms with Crippen molar-refractivity contribution >= 4 is 24.0 Å². The van der Waals surface area contributed by atoms with Crippen molar-refractivity contribution < 1.29 is 4.79 Å². The molecular weight excluding hydrogens is 260 g/mol. The predicted octanol–water partition coefficient (Wildman–Crippen LogP) is 3.39. The largest absolute Gasteiger partial charge is 0.399 e. The van der Waals surface area contributed by atoms with Crippen LogP contribution < -0.4 is 11.1 Å². The fourth-order valence-electron chi connectivity index (χ4n) is 2.49. The van der Waals surface area contributed by atoms with Crippen molar-refractivity contribution in [2.75, 3.05) is 5.73 Å². The highest BCUT2D eigenvalue weighted by atomic mass is 35.5. The highest BCUT2D eigenvalue weighted by Gasteiger charge is 2.27. The van der Waals surface area contributed by atoms with Crippen LogP contribution in [0.4, 0.5) is 5.69 Å². The summed E-state index contributed by atoms with van der Waals surface area (Å²) in [6.07, 6.45) is 4.49. The molecule has 1 aromatic carbocycles. The van der Waals surface area contributed by atoms with Gasteiger partial charge in [0.15, 0.2) is 0 Å². The Morgan fingerprint density at radius 3 is 2.53 bits per heavy atom. The molecule has 1 aliphatic carbocycles. The van der Waals surface area contributed by atoms with E-state index in [9.17, 15) is 4.79 Å². The van der Waals surface area contributed by atoms with Gasteiger partial charge in [-0.1, -0.05) is 19.9 Å². The Hall–Kier alpha value is -1.22. The summed E-state index contributed by atoms with van der Waals surface area (Å²) >= 11 is 0. The Bertz CT molecular complexity index is 436. The molecule has 0 radical (unpaired) electrons. The van der Waals surface area contributed by atoms with Crippen molar-refractivity contribution in [2.24, 2.45) is 5.41 Å². The van der Waals surface area contributed by atoms with Gasteiger partial charge in [-0.3, -0.25) is 4.79 Å². The van der Waals surface area contributed by atoms with Crippen molar-refractivity contribution in [1.29, 1.82) is 0 Å². The first kappa shape index (κ1) is 15.8. The van der Waals surface area contributed by atoms with E-state index in [1.807, 2.05) is 6.07 Å². The van der Waals surface area contributed by atoms with Crippen molar-refractivity contribution in [3.63, 3.8) is 0 Å². The number of benzene rings is 1. The molecule has 4 heteroatoms. The van der Waals surface area contributed by atoms with E-state index < -0.39 is 0 Å². The molecule has 2 rings (SSSR count). The quantitative estimate of drug-likeness (QED) is 0.817. The maximum atomic E-state index is 12.1. The van der Waals surface area contributed by atoms with Gasteiger partial charge in [0.1, 0.15) is 0 Å². The number of rotatable bonds is 2. The van der Waals surface area contributed by atoms with E-state index >= 15 is 0 Å². The Morgan fingerprint density at radius 2 is 1.95 bits per heavy atom. The molecule has 1 aromatic rings. The van der Waals surface area contributed by atoms with Gasteiger partial charge in [-0.05, 0) is 49.3 Å². The molecule has 0 aromatic heterocycles. The monoisotopic (exact) mass is 282 g/mol. The number of nitrogen functional groups attached to an aromatic ring is 1. The summed E-state index contributed by atoms with van der Waals surface area (Å²) in [5, 5.41) is 3.11. The second-order valence-electron chi connectivity index (χ2n) is 6.04. The summed E-state index contributed by atoms with van der Waals surface area (Å²) in [5.41, 5.74) is 7.40. The first-order valence-electron chi connectivity index (χ1n) is 6.63. The lowest BCUT2D eigenvalue weighted by Gasteiger charge is -2.34. The van der Waals surface area contributed by atoms with Crippen LogP contribution in [-0.2, 0) is 0 Å². The molecule has 1 amide bonds. The van der Waals surface area contributed by atoms with Crippen LogP contribution in [0.25, 0.3) is 0 Å². The van der Waals surface area contributed by atoms with Gasteiger partial charge in [0.25, 0.3) is 5.91 Å². The Labute approximate surface area is 121 Å². The lowest BCUT2D eigenvalue weighted by molar-refractivity contribution is 0.0909. The van der Waals surface area contributed by atoms with E-state index in [2.05, 4.69) is 19.2 Å². The molecule has 0 heterocycles. The second-order valence-corrected chi connectivity index (χ2v) is 6.04. The third-order valence-electron chi connectivity index (χ3n) is 3.82. The van der Waals surface area contributed by atoms with Crippen LogP contribution in [0.5, 0.6) is 0 Å². The highest BCUT2D eigenvalue weighted by molar-refractivity contribution is 5.95. The average Bonchev–Trinajstić information content (AvgIpc) is 2.32. The van der Waals surface area contributed by atoms with Crippen LogP contribution in [0.15, 0.2) is 24.3 Å². The molecule has 1 fully saturated rings. The third kappa shape index (κ3) is 4.43. The summed E-state index contributed by atoms with van der Waals surface area (Å²) in [6.45, 7) is 4.59. The SMILES string of the molecule is CC1(C)CCC(NC(=O)c2cccc(N)c2)CC1.Cl. The van der Waals surface area contributed by atoms with Gasteiger partial charge in [-0.25, -0.2) is 0 Å². The maximum absolute atomic E-state index is 12.1. The molecule has 1 saturated carbocycles. The van der Waals surface area contributed by atoms with E-state index in [0.717, 1.165) is 12.8 Å². The number of carbonyl (C=O) groups is 1. The molecular formula is C15H23ClN2O. The highest BCUT2D eigenvalue weighted by Crippen LogP contribution is 2.35. The van der Waals surface area contributed by atoms with E-state index in [1.54, 1.807) is 18.2 Å². The molecule has 106 valence electrons. The number of nitrogens with two attached hydrogens (primary N) is 1. The van der Waals surface area contributed by atoms with Crippen LogP contribution in [0, 0.1) is 5.41 Å². The molecule has 0 atom stereocenters. The van der Waals surface area contributed by atoms with Gasteiger partial charge in [0.05, 0.1) is 0 Å². The molecule has 19 heavy (non-hydrogen) atoms. The van der Waals surface area contributed by atoms with Crippen LogP contribution >= 0.6 is 12.4 Å². The van der Waals surface area contributed by atoms with E-state index in [4.69, 9.17) is 5.73 Å². The predicted molar refractivity (Wildman–Crippen MR) is 81.6 cm³/mol. The number of halogens is 1. The number of anilines is 1. The van der Waals surface area contributed by atoms with Crippen LogP contribution in [-0.4, -0.2) is 11.9 Å². The van der Waals surface area contributed by atoms with Crippen LogP contribution in [0.1, 0.15) is 49.9 Å². The van der Waals surface area contributed by atoms with E-state index in [1.165, 1.54) is 12.8 Å². The minimum absolute atomic E-state index is 0. The lowest BCUT2D eigenvalue weighted by Crippen LogP contribution is -2.39. The number of hydrogen-bond donors (Lipinski definition) is 2. The Balaban J connectivity index is 0.00000180. The van der Waals surface area contributed by atoms with Crippen molar-refractivity contribution in [3.8, 4) is 0 Å². The normalized spacial score (nSPS) is 18.4. The molecule has 3 N–H and O–H groups in total. The molecule has 0 spiro atoms. The topological polar surface area (TPSA) is 55.1 Å². The lowest BCUT2D eigenvalue weighted by atomic mass is 9.75. The minimum atomic E-state index is -0.00740. The number of nitrogens with one attached hydrogen (secondary N) is 1. The fraction of sp³-hybridized carbons (Fsp3) is 0.533. The summed E-state index contributed by atoms with van der Waals surface area (Å²) < 4.78 is 0. The molecule has 3 nitrogen and oxygen atoms in total. The van der Waals surface area contributed by atoms with Gasteiger partial charge in [-0.2, -0.15) is 0 Å². The van der Waals surface area contributed by atoms with Crippen molar-refractivity contribution in [2.45, 2.75) is 45.6 Å². The summed E-state index contributed by atoms with van der Waals surface area (Å²) in [4.78, 5) is 12.1. The van der Waals surface area contributed by atoms with Crippen LogP contribution in [0.2, 0.25) is 0 Å². The second kappa shape index (κ2) is 6.29. The first-order valence-corrected chi connectivity index (χ1v) is 6.63. The number of amides is 1. The summed E-state index contributed by atoms with van der Waals surface area (Å²) in [5.74, 6) is -0.00740. The molecule has 0 unspecified atom stereocenters. The first-order chi connectivity index (χ1) is 8.46. The minimum Gasteiger partial charge on any atom is -0.399 e. The van der Waals surface area contributed by atoms with E-state index in [0.29, 0.717) is 22.7 Å². The maximum Gasteiger partial charge on any atom is 0.251 e. The zero-order valence-electron chi connectivity index (χ0n) is 11.6. The van der Waals surface area contributed by atoms with E-state index in [-0.39, 0.29) is 18.3 Å². The summed E-state index contributed by atoms with van der Waals surface area (Å²) in [7, 11) is 0. The molecule has 0 bridgehead atoms. The van der Waals surface area contributed by atoms with Gasteiger partial charge in [0.2, 0.25) is 0 Å². The van der Waals surface area contributed by atoms with Crippen LogP contribution in [0.3, 0.4) is 0 Å². The van der Waals surface area contributed by atoms with Gasteiger partial charge >= 0.3 is 0 Å². The zero-order chi connectivity index (χ0) is 13.2. The molecule has 0 saturated heterocycles. The molecule has 0 aliphatic heterocycles. The van der Waals surface area contributed by atoms with Crippen molar-refractivity contribution in [3.05, 3.63) is 29.8 Å². The Morgan fingerprint density at radius 1 is 1.32 bits per heavy atom. The molecule has 1 aliphatic rings. The van der Waals surface area contributed by atoms with Gasteiger partial charge < -0.3 is 11.1 Å².